The van der Waals surface area contributed by atoms with Gasteiger partial charge in [-0.1, -0.05) is 441 Å². The molecule has 0 bridgehead atoms. The zero-order chi connectivity index (χ0) is 113. The van der Waals surface area contributed by atoms with Crippen LogP contribution in [-0.2, 0) is 32.5 Å². The molecule has 146 heavy (non-hydrogen) atoms. The van der Waals surface area contributed by atoms with Crippen molar-refractivity contribution < 1.29 is 25.0 Å². The summed E-state index contributed by atoms with van der Waals surface area (Å²) in [6.45, 7) is 27.9. The number of aromatic nitrogens is 10. The van der Waals surface area contributed by atoms with Crippen molar-refractivity contribution in [3.63, 3.8) is 0 Å². The van der Waals surface area contributed by atoms with Crippen molar-refractivity contribution in [1.82, 2.24) is 49.4 Å². The summed E-state index contributed by atoms with van der Waals surface area (Å²) in [5.74, 6) is 1.97. The monoisotopic (exact) mass is 1900 g/mol. The fraction of sp³-hybridized carbons (Fsp3) is 0.133. The maximum Gasteiger partial charge on any atom is 0.164 e. The van der Waals surface area contributed by atoms with Crippen LogP contribution in [0.1, 0.15) is 137 Å². The van der Waals surface area contributed by atoms with Crippen molar-refractivity contribution in [2.75, 3.05) is 0 Å². The number of fused-ring (bicyclic) bond motifs is 15. The fourth-order valence-electron chi connectivity index (χ4n) is 21.6. The molecule has 0 radical (unpaired) electrons. The Labute approximate surface area is 873 Å². The van der Waals surface area contributed by atoms with E-state index in [9.17, 15) is 0 Å². The second-order valence-corrected chi connectivity index (χ2v) is 40.9. The summed E-state index contributed by atoms with van der Waals surface area (Å²) in [6.07, 6.45) is 0. The maximum absolute atomic E-state index is 8.74. The molecule has 5 heterocycles. The van der Waals surface area contributed by atoms with Crippen molar-refractivity contribution in [2.24, 2.45) is 0 Å². The molecule has 11 nitrogen and oxygen atoms in total. The molecule has 704 valence electrons. The molecule has 0 unspecified atom stereocenters. The maximum atomic E-state index is 8.74. The summed E-state index contributed by atoms with van der Waals surface area (Å²) >= 11 is 0. The van der Waals surface area contributed by atoms with Crippen LogP contribution in [0.2, 0.25) is 0 Å². The normalized spacial score (nSPS) is 15.8. The molecule has 0 saturated heterocycles. The van der Waals surface area contributed by atoms with E-state index in [1.165, 1.54) is 88.6 Å². The Kier molecular flexibility index (Phi) is 18.6. The highest BCUT2D eigenvalue weighted by Gasteiger charge is 2.49. The van der Waals surface area contributed by atoms with Crippen molar-refractivity contribution in [3.05, 3.63) is 470 Å². The number of furan rings is 1. The highest BCUT2D eigenvalue weighted by atomic mass is 16.3. The summed E-state index contributed by atoms with van der Waals surface area (Å²) in [5.41, 5.74) is 29.7. The van der Waals surface area contributed by atoms with E-state index in [-0.39, 0.29) is 84.6 Å². The average Bonchev–Trinajstić information content (AvgIpc) is 0.890. The first-order valence-corrected chi connectivity index (χ1v) is 49.2. The lowest BCUT2D eigenvalue weighted by molar-refractivity contribution is 0.299. The van der Waals surface area contributed by atoms with E-state index in [2.05, 4.69) is 303 Å². The van der Waals surface area contributed by atoms with Crippen molar-refractivity contribution in [1.29, 1.82) is 0 Å². The van der Waals surface area contributed by atoms with Gasteiger partial charge in [0, 0.05) is 77.3 Å². The molecular weight excluding hydrogens is 1780 g/mol. The molecule has 0 saturated carbocycles. The molecule has 0 spiro atoms. The van der Waals surface area contributed by atoms with E-state index in [1.54, 1.807) is 6.07 Å². The summed E-state index contributed by atoms with van der Waals surface area (Å²) in [5, 5.41) is 4.17. The van der Waals surface area contributed by atoms with Gasteiger partial charge in [0.05, 0.1) is 31.6 Å². The van der Waals surface area contributed by atoms with Gasteiger partial charge in [-0.25, -0.2) is 44.9 Å². The predicted octanol–water partition coefficient (Wildman–Crippen LogP) is 34.3. The number of rotatable bonds is 13. The molecule has 3 aliphatic rings. The Bertz CT molecular complexity index is 9830. The van der Waals surface area contributed by atoms with E-state index < -0.39 is 78.6 Å². The molecule has 18 aromatic carbocycles. The molecule has 5 aromatic heterocycles. The van der Waals surface area contributed by atoms with Gasteiger partial charge in [0.2, 0.25) is 0 Å². The van der Waals surface area contributed by atoms with Gasteiger partial charge >= 0.3 is 0 Å². The molecule has 0 atom stereocenters. The minimum absolute atomic E-state index is 0.00334. The van der Waals surface area contributed by atoms with Gasteiger partial charge in [0.1, 0.15) is 11.2 Å². The largest absolute Gasteiger partial charge is 0.456 e. The molecule has 0 amide bonds. The average molecular weight is 1900 g/mol. The van der Waals surface area contributed by atoms with Crippen LogP contribution < -0.4 is 0 Å². The van der Waals surface area contributed by atoms with E-state index in [0.717, 1.165) is 77.7 Å². The highest BCUT2D eigenvalue weighted by Crippen LogP contribution is 2.59. The third kappa shape index (κ3) is 15.7. The predicted molar refractivity (Wildman–Crippen MR) is 601 cm³/mol. The Hall–Kier alpha value is -17.4. The Morgan fingerprint density at radius 1 is 0.192 bits per heavy atom. The van der Waals surface area contributed by atoms with Gasteiger partial charge in [-0.15, -0.1) is 0 Å². The van der Waals surface area contributed by atoms with Crippen LogP contribution in [0.5, 0.6) is 0 Å². The molecule has 0 aliphatic heterocycles. The molecular formula is C135H108N10O. The number of hydrogen-bond donors (Lipinski definition) is 0. The lowest BCUT2D eigenvalue weighted by Gasteiger charge is -2.48. The zero-order valence-corrected chi connectivity index (χ0v) is 82.8. The van der Waals surface area contributed by atoms with Crippen LogP contribution in [0.15, 0.2) is 441 Å². The van der Waals surface area contributed by atoms with Crippen LogP contribution in [-0.4, -0.2) is 49.4 Å². The summed E-state index contributed by atoms with van der Waals surface area (Å²) < 4.78 is 135. The van der Waals surface area contributed by atoms with Crippen molar-refractivity contribution in [2.45, 2.75) is 116 Å². The van der Waals surface area contributed by atoms with Crippen LogP contribution in [0, 0.1) is 0 Å². The first kappa shape index (κ1) is 75.4. The number of para-hydroxylation sites is 2. The summed E-state index contributed by atoms with van der Waals surface area (Å²) in [7, 11) is 0. The minimum Gasteiger partial charge on any atom is -0.456 e. The van der Waals surface area contributed by atoms with Crippen LogP contribution in [0.4, 0.5) is 0 Å². The van der Waals surface area contributed by atoms with E-state index in [4.69, 9.17) is 54.9 Å². The lowest BCUT2D eigenvalue weighted by atomic mass is 9.55. The van der Waals surface area contributed by atoms with Gasteiger partial charge < -0.3 is 8.98 Å². The highest BCUT2D eigenvalue weighted by molar-refractivity contribution is 6.13. The Balaban J connectivity index is 0.000000127. The zero-order valence-electron chi connectivity index (χ0n) is 97.8. The summed E-state index contributed by atoms with van der Waals surface area (Å²) in [6, 6.07) is 112. The van der Waals surface area contributed by atoms with Crippen molar-refractivity contribution in [3.8, 4) is 175 Å². The molecule has 0 N–H and O–H groups in total. The third-order valence-corrected chi connectivity index (χ3v) is 31.5. The van der Waals surface area contributed by atoms with E-state index >= 15 is 0 Å². The first-order chi connectivity index (χ1) is 77.1. The number of nitrogens with zero attached hydrogens (tertiary/aromatic N) is 10. The summed E-state index contributed by atoms with van der Waals surface area (Å²) in [4.78, 5) is 43.0. The Morgan fingerprint density at radius 3 is 1.00 bits per heavy atom. The van der Waals surface area contributed by atoms with Gasteiger partial charge in [0.15, 0.2) is 52.4 Å². The quantitative estimate of drug-likeness (QED) is 0.110. The van der Waals surface area contributed by atoms with E-state index in [1.807, 2.05) is 140 Å². The topological polar surface area (TPSA) is 134 Å². The molecule has 0 fully saturated rings. The van der Waals surface area contributed by atoms with Crippen LogP contribution in [0.3, 0.4) is 0 Å². The Morgan fingerprint density at radius 2 is 0.493 bits per heavy atom. The smallest absolute Gasteiger partial charge is 0.164 e. The standard InChI is InChI=1S/C51H40N4.C45H37N3.C39H31N3O/c1-50(2)43-21-13-11-19-39(43)42-31-36(26-30-44(42)51(50,3)4)37-25-29-41-40-20-12-14-22-45(40)55(46(41)32-37)38-27-23-35(24-28-38)49-53-47(33-15-7-5-8-16-33)52-48(54-49)34-17-9-6-10-18-34;1-44(2)39-24-12-11-23-37(39)38-26-25-35(29-40(38)45(44,3)4)33-20-13-19-32(27-33)34-21-14-22-36(28-34)43-47-41(30-15-7-5-8-16-30)46-42(48-43)31-17-9-6-10-18-31;1-38(2)30-18-10-8-15-26(30)29-23-25(21-22-31(29)39(38,3)4)36-40-35(24-13-6-5-7-14-24)41-37(42-36)28-17-12-20-33-34(28)27-16-9-11-19-32(27)43-33/h5-32H,1-4H3;5-29H,1-4H3;5-23H,1-4H3/i;5D,6D,7D,8D,9D,10D,15D,16D,17D,18D;5D,6D,7D,13D,14D. The van der Waals surface area contributed by atoms with Gasteiger partial charge in [-0.05, 0) is 211 Å². The molecule has 23 aromatic rings. The first-order valence-electron chi connectivity index (χ1n) is 56.7. The van der Waals surface area contributed by atoms with Gasteiger partial charge in [-0.3, -0.25) is 0 Å². The second kappa shape index (κ2) is 35.9. The van der Waals surface area contributed by atoms with Crippen molar-refractivity contribution >= 4 is 43.7 Å². The van der Waals surface area contributed by atoms with Crippen LogP contribution in [0.25, 0.3) is 219 Å². The van der Waals surface area contributed by atoms with Crippen LogP contribution >= 0.6 is 0 Å². The SMILES string of the molecule is CC1(C)c2ccccc2-c2cc(-c3ccc4c5ccccc5n(-c5ccc(-c6nc(-c7ccccc7)nc(-c7ccccc7)n6)cc5)c4c3)ccc2C1(C)C.[2H]c1c([2H])c([2H])c(-c2nc(-c3ccc4c(c3)-c3ccccc3C(C)(C)C4(C)C)nc(-c3cccc4oc5ccccc5c34)n2)c([2H])c1[2H].[2H]c1c([2H])c([2H])c(-c2nc(-c3cccc(-c4cccc(-c5ccc6c(c5)C(C)(C)C(C)(C)c5ccccc5-6)c4)c3)nc(-c3c([2H])c([2H])c([2H])c([2H])c3[2H])n2)c([2H])c1[2H]. The van der Waals surface area contributed by atoms with Gasteiger partial charge in [-0.2, -0.15) is 0 Å². The fourth-order valence-corrected chi connectivity index (χ4v) is 21.6. The molecule has 11 heteroatoms. The second-order valence-electron chi connectivity index (χ2n) is 40.9. The molecule has 3 aliphatic carbocycles. The van der Waals surface area contributed by atoms with E-state index in [0.29, 0.717) is 45.8 Å². The third-order valence-electron chi connectivity index (χ3n) is 31.5. The number of hydrogen-bond acceptors (Lipinski definition) is 10. The molecule has 26 rings (SSSR count). The minimum atomic E-state index is -0.597. The van der Waals surface area contributed by atoms with Gasteiger partial charge in [0.25, 0.3) is 0 Å². The number of benzene rings is 18. The lowest BCUT2D eigenvalue weighted by Crippen LogP contribution is -2.43.